The van der Waals surface area contributed by atoms with Crippen LogP contribution in [0.4, 0.5) is 0 Å². The number of carbonyl (C=O) groups excluding carboxylic acids is 1. The van der Waals surface area contributed by atoms with Crippen molar-refractivity contribution in [3.8, 4) is 0 Å². The highest BCUT2D eigenvalue weighted by atomic mass is 32.1. The Morgan fingerprint density at radius 1 is 1.15 bits per heavy atom. The zero-order valence-corrected chi connectivity index (χ0v) is 12.6. The van der Waals surface area contributed by atoms with Crippen LogP contribution >= 0.6 is 11.3 Å². The number of aliphatic hydroxyl groups excluding tert-OH is 1. The minimum atomic E-state index is 0.134. The smallest absolute Gasteiger partial charge is 0.173 e. The van der Waals surface area contributed by atoms with Crippen molar-refractivity contribution in [1.29, 1.82) is 0 Å². The van der Waals surface area contributed by atoms with Gasteiger partial charge in [0.15, 0.2) is 5.78 Å². The van der Waals surface area contributed by atoms with E-state index < -0.39 is 0 Å². The average Bonchev–Trinajstić information content (AvgIpc) is 3.18. The summed E-state index contributed by atoms with van der Waals surface area (Å²) in [6, 6.07) is 6.27. The predicted molar refractivity (Wildman–Crippen MR) is 83.8 cm³/mol. The predicted octanol–water partition coefficient (Wildman–Crippen LogP) is 5.09. The molecule has 0 bridgehead atoms. The van der Waals surface area contributed by atoms with E-state index in [1.807, 2.05) is 6.07 Å². The Balaban J connectivity index is 1.79. The Kier molecular flexibility index (Phi) is 3.38. The van der Waals surface area contributed by atoms with Gasteiger partial charge < -0.3 is 5.11 Å². The molecule has 0 unspecified atom stereocenters. The van der Waals surface area contributed by atoms with Crippen molar-refractivity contribution in [3.63, 3.8) is 0 Å². The maximum Gasteiger partial charge on any atom is 0.173 e. The number of fused-ring (bicyclic) bond motifs is 1. The molecule has 0 aliphatic heterocycles. The fraction of sp³-hybridized carbons (Fsp3) is 0.353. The summed E-state index contributed by atoms with van der Waals surface area (Å²) in [7, 11) is 0. The molecule has 0 spiro atoms. The first-order chi connectivity index (χ1) is 9.54. The standard InChI is InChI=1S/C17H18O2S/c1-10-7-13-9-17(20-16(13)8-11(10)2)15(19)6-5-14(18)12-3-4-12/h7-9,18H,3-6H2,1-2H3. The van der Waals surface area contributed by atoms with E-state index in [4.69, 9.17) is 0 Å². The molecule has 1 aliphatic rings. The number of Topliss-reactive ketones (excluding diaryl/α,β-unsaturated/α-hetero) is 1. The van der Waals surface area contributed by atoms with Crippen molar-refractivity contribution in [2.75, 3.05) is 0 Å². The highest BCUT2D eigenvalue weighted by molar-refractivity contribution is 7.20. The van der Waals surface area contributed by atoms with E-state index in [-0.39, 0.29) is 5.78 Å². The SMILES string of the molecule is Cc1cc2cc(C(=O)CCC(O)=C3CC3)sc2cc1C. The molecule has 0 saturated heterocycles. The first-order valence-electron chi connectivity index (χ1n) is 6.98. The summed E-state index contributed by atoms with van der Waals surface area (Å²) >= 11 is 1.56. The Hall–Kier alpha value is -1.61. The second kappa shape index (κ2) is 5.06. The number of hydrogen-bond donors (Lipinski definition) is 1. The molecule has 1 N–H and O–H groups in total. The van der Waals surface area contributed by atoms with E-state index in [1.165, 1.54) is 15.8 Å². The molecule has 2 nitrogen and oxygen atoms in total. The average molecular weight is 286 g/mol. The topological polar surface area (TPSA) is 37.3 Å². The van der Waals surface area contributed by atoms with Gasteiger partial charge in [-0.2, -0.15) is 0 Å². The number of rotatable bonds is 4. The van der Waals surface area contributed by atoms with Gasteiger partial charge in [-0.05, 0) is 60.9 Å². The number of thiophene rings is 1. The maximum atomic E-state index is 12.2. The van der Waals surface area contributed by atoms with Crippen molar-refractivity contribution in [3.05, 3.63) is 45.5 Å². The first kappa shape index (κ1) is 13.4. The Morgan fingerprint density at radius 2 is 1.85 bits per heavy atom. The van der Waals surface area contributed by atoms with Crippen molar-refractivity contribution in [2.24, 2.45) is 0 Å². The minimum Gasteiger partial charge on any atom is -0.512 e. The van der Waals surface area contributed by atoms with Crippen molar-refractivity contribution in [2.45, 2.75) is 39.5 Å². The number of benzene rings is 1. The quantitative estimate of drug-likeness (QED) is 0.628. The number of hydrogen-bond acceptors (Lipinski definition) is 3. The zero-order valence-electron chi connectivity index (χ0n) is 11.8. The highest BCUT2D eigenvalue weighted by Crippen LogP contribution is 2.33. The van der Waals surface area contributed by atoms with Crippen LogP contribution in [0.25, 0.3) is 10.1 Å². The summed E-state index contributed by atoms with van der Waals surface area (Å²) in [6.45, 7) is 4.18. The molecular formula is C17H18O2S. The Morgan fingerprint density at radius 3 is 2.55 bits per heavy atom. The van der Waals surface area contributed by atoms with Crippen LogP contribution in [0.2, 0.25) is 0 Å². The zero-order chi connectivity index (χ0) is 14.3. The molecular weight excluding hydrogens is 268 g/mol. The summed E-state index contributed by atoms with van der Waals surface area (Å²) < 4.78 is 1.17. The largest absolute Gasteiger partial charge is 0.512 e. The third kappa shape index (κ3) is 2.63. The number of aliphatic hydroxyl groups is 1. The van der Waals surface area contributed by atoms with E-state index in [1.54, 1.807) is 11.3 Å². The van der Waals surface area contributed by atoms with E-state index in [0.29, 0.717) is 18.6 Å². The molecule has 1 heterocycles. The van der Waals surface area contributed by atoms with Gasteiger partial charge in [0.25, 0.3) is 0 Å². The van der Waals surface area contributed by atoms with Gasteiger partial charge in [-0.15, -0.1) is 11.3 Å². The first-order valence-corrected chi connectivity index (χ1v) is 7.80. The van der Waals surface area contributed by atoms with Crippen LogP contribution in [-0.4, -0.2) is 10.9 Å². The summed E-state index contributed by atoms with van der Waals surface area (Å²) in [6.07, 6.45) is 2.89. The fourth-order valence-corrected chi connectivity index (χ4v) is 3.43. The highest BCUT2D eigenvalue weighted by Gasteiger charge is 2.18. The third-order valence-electron chi connectivity index (χ3n) is 3.90. The normalized spacial score (nSPS) is 13.8. The lowest BCUT2D eigenvalue weighted by Gasteiger charge is -1.98. The van der Waals surface area contributed by atoms with Crippen LogP contribution < -0.4 is 0 Å². The molecule has 3 rings (SSSR count). The van der Waals surface area contributed by atoms with Crippen LogP contribution in [0, 0.1) is 13.8 Å². The molecule has 0 amide bonds. The van der Waals surface area contributed by atoms with Gasteiger partial charge >= 0.3 is 0 Å². The van der Waals surface area contributed by atoms with Gasteiger partial charge in [-0.1, -0.05) is 6.07 Å². The van der Waals surface area contributed by atoms with Gasteiger partial charge in [0, 0.05) is 17.5 Å². The van der Waals surface area contributed by atoms with E-state index in [2.05, 4.69) is 26.0 Å². The fourth-order valence-electron chi connectivity index (χ4n) is 2.32. The molecule has 20 heavy (non-hydrogen) atoms. The molecule has 0 atom stereocenters. The summed E-state index contributed by atoms with van der Waals surface area (Å²) in [5.74, 6) is 0.570. The second-order valence-corrected chi connectivity index (χ2v) is 6.64. The third-order valence-corrected chi connectivity index (χ3v) is 5.04. The summed E-state index contributed by atoms with van der Waals surface area (Å²) in [5, 5.41) is 10.9. The van der Waals surface area contributed by atoms with Gasteiger partial charge in [0.1, 0.15) is 0 Å². The van der Waals surface area contributed by atoms with E-state index in [9.17, 15) is 9.90 Å². The Labute approximate surface area is 122 Å². The molecule has 1 aromatic heterocycles. The van der Waals surface area contributed by atoms with Gasteiger partial charge in [0.05, 0.1) is 10.6 Å². The molecule has 3 heteroatoms. The maximum absolute atomic E-state index is 12.2. The van der Waals surface area contributed by atoms with Crippen molar-refractivity contribution < 1.29 is 9.90 Å². The van der Waals surface area contributed by atoms with Crippen LogP contribution in [0.3, 0.4) is 0 Å². The van der Waals surface area contributed by atoms with Gasteiger partial charge in [0.2, 0.25) is 0 Å². The number of ketones is 1. The van der Waals surface area contributed by atoms with E-state index in [0.717, 1.165) is 28.7 Å². The van der Waals surface area contributed by atoms with Crippen molar-refractivity contribution >= 4 is 27.2 Å². The van der Waals surface area contributed by atoms with Crippen LogP contribution in [0.15, 0.2) is 29.5 Å². The van der Waals surface area contributed by atoms with Gasteiger partial charge in [-0.3, -0.25) is 4.79 Å². The number of aryl methyl sites for hydroxylation is 2. The second-order valence-electron chi connectivity index (χ2n) is 5.56. The lowest BCUT2D eigenvalue weighted by molar-refractivity contribution is 0.0982. The number of carbonyl (C=O) groups is 1. The molecule has 104 valence electrons. The molecule has 0 radical (unpaired) electrons. The summed E-state index contributed by atoms with van der Waals surface area (Å²) in [4.78, 5) is 13.0. The van der Waals surface area contributed by atoms with Crippen LogP contribution in [-0.2, 0) is 0 Å². The van der Waals surface area contributed by atoms with Crippen LogP contribution in [0.1, 0.15) is 46.5 Å². The molecule has 2 aromatic rings. The monoisotopic (exact) mass is 286 g/mol. The van der Waals surface area contributed by atoms with Crippen LogP contribution in [0.5, 0.6) is 0 Å². The molecule has 1 aliphatic carbocycles. The summed E-state index contributed by atoms with van der Waals surface area (Å²) in [5.41, 5.74) is 3.64. The van der Waals surface area contributed by atoms with Crippen molar-refractivity contribution in [1.82, 2.24) is 0 Å². The molecule has 1 aromatic carbocycles. The molecule has 1 saturated carbocycles. The minimum absolute atomic E-state index is 0.134. The lowest BCUT2D eigenvalue weighted by Crippen LogP contribution is -1.96. The lowest BCUT2D eigenvalue weighted by atomic mass is 10.1. The Bertz CT molecular complexity index is 677. The molecule has 1 fully saturated rings. The number of allylic oxidation sites excluding steroid dienone is 2. The van der Waals surface area contributed by atoms with E-state index >= 15 is 0 Å². The van der Waals surface area contributed by atoms with Gasteiger partial charge in [-0.25, -0.2) is 0 Å².